The van der Waals surface area contributed by atoms with E-state index in [4.69, 9.17) is 9.26 Å². The Bertz CT molecular complexity index is 466. The van der Waals surface area contributed by atoms with Crippen LogP contribution in [0.4, 0.5) is 0 Å². The smallest absolute Gasteiger partial charge is 0.234 e. The van der Waals surface area contributed by atoms with E-state index in [9.17, 15) is 4.79 Å². The van der Waals surface area contributed by atoms with Crippen LogP contribution in [0.2, 0.25) is 0 Å². The first-order valence-electron chi connectivity index (χ1n) is 4.51. The van der Waals surface area contributed by atoms with Gasteiger partial charge >= 0.3 is 0 Å². The molecule has 0 saturated heterocycles. The minimum Gasteiger partial charge on any atom is -0.377 e. The van der Waals surface area contributed by atoms with E-state index in [0.717, 1.165) is 4.88 Å². The molecule has 2 rings (SSSR count). The van der Waals surface area contributed by atoms with Gasteiger partial charge in [0.15, 0.2) is 5.78 Å². The van der Waals surface area contributed by atoms with Crippen molar-refractivity contribution in [3.63, 3.8) is 0 Å². The van der Waals surface area contributed by atoms with Gasteiger partial charge in [0.05, 0.1) is 16.8 Å². The van der Waals surface area contributed by atoms with Crippen LogP contribution in [0.3, 0.4) is 0 Å². The highest BCUT2D eigenvalue weighted by Crippen LogP contribution is 2.19. The average Bonchev–Trinajstić information content (AvgIpc) is 2.86. The van der Waals surface area contributed by atoms with Crippen molar-refractivity contribution in [1.82, 2.24) is 15.1 Å². The van der Waals surface area contributed by atoms with Crippen molar-refractivity contribution in [2.75, 3.05) is 13.7 Å². The lowest BCUT2D eigenvalue weighted by Gasteiger charge is -1.93. The summed E-state index contributed by atoms with van der Waals surface area (Å²) in [7, 11) is 1.47. The second-order valence-electron chi connectivity index (χ2n) is 3.03. The van der Waals surface area contributed by atoms with Crippen LogP contribution in [0, 0.1) is 0 Å². The van der Waals surface area contributed by atoms with Crippen molar-refractivity contribution in [1.29, 1.82) is 0 Å². The summed E-state index contributed by atoms with van der Waals surface area (Å²) >= 11 is 1.41. The van der Waals surface area contributed by atoms with Crippen LogP contribution >= 0.6 is 11.3 Å². The molecule has 0 aromatic carbocycles. The van der Waals surface area contributed by atoms with Crippen molar-refractivity contribution >= 4 is 17.1 Å². The minimum atomic E-state index is -0.0954. The number of hydrogen-bond acceptors (Lipinski definition) is 7. The van der Waals surface area contributed by atoms with Gasteiger partial charge in [-0.25, -0.2) is 0 Å². The molecule has 0 bridgehead atoms. The molecule has 2 heterocycles. The van der Waals surface area contributed by atoms with Gasteiger partial charge in [0, 0.05) is 13.3 Å². The number of hydrogen-bond donors (Lipinski definition) is 0. The maximum absolute atomic E-state index is 11.2. The SMILES string of the molecule is COCC(=O)Cc1nc(-c2cncs2)no1. The van der Waals surface area contributed by atoms with Gasteiger partial charge in [-0.2, -0.15) is 4.98 Å². The van der Waals surface area contributed by atoms with Crippen LogP contribution in [-0.4, -0.2) is 34.6 Å². The maximum Gasteiger partial charge on any atom is 0.234 e. The number of Topliss-reactive ketones (excluding diaryl/α,β-unsaturated/α-hetero) is 1. The first-order chi connectivity index (χ1) is 7.79. The summed E-state index contributed by atoms with van der Waals surface area (Å²) < 4.78 is 9.65. The zero-order chi connectivity index (χ0) is 11.4. The third-order valence-electron chi connectivity index (χ3n) is 1.77. The molecule has 2 aromatic heterocycles. The van der Waals surface area contributed by atoms with Gasteiger partial charge in [0.2, 0.25) is 11.7 Å². The minimum absolute atomic E-state index is 0.0538. The molecule has 16 heavy (non-hydrogen) atoms. The zero-order valence-corrected chi connectivity index (χ0v) is 9.36. The highest BCUT2D eigenvalue weighted by molar-refractivity contribution is 7.13. The van der Waals surface area contributed by atoms with E-state index in [-0.39, 0.29) is 18.8 Å². The number of ketones is 1. The fraction of sp³-hybridized carbons (Fsp3) is 0.333. The van der Waals surface area contributed by atoms with Crippen molar-refractivity contribution in [3.8, 4) is 10.7 Å². The zero-order valence-electron chi connectivity index (χ0n) is 8.54. The van der Waals surface area contributed by atoms with E-state index >= 15 is 0 Å². The number of methoxy groups -OCH3 is 1. The quantitative estimate of drug-likeness (QED) is 0.773. The predicted molar refractivity (Wildman–Crippen MR) is 56.0 cm³/mol. The molecule has 84 valence electrons. The third kappa shape index (κ3) is 2.50. The van der Waals surface area contributed by atoms with Gasteiger partial charge in [-0.1, -0.05) is 5.16 Å². The summed E-state index contributed by atoms with van der Waals surface area (Å²) in [6, 6.07) is 0. The van der Waals surface area contributed by atoms with E-state index in [1.165, 1.54) is 18.4 Å². The molecular weight excluding hydrogens is 230 g/mol. The number of rotatable bonds is 5. The lowest BCUT2D eigenvalue weighted by molar-refractivity contribution is -0.122. The predicted octanol–water partition coefficient (Wildman–Crippen LogP) is 0.951. The highest BCUT2D eigenvalue weighted by atomic mass is 32.1. The van der Waals surface area contributed by atoms with Crippen LogP contribution in [0.1, 0.15) is 5.89 Å². The van der Waals surface area contributed by atoms with E-state index in [1.54, 1.807) is 11.7 Å². The Morgan fingerprint density at radius 3 is 3.19 bits per heavy atom. The van der Waals surface area contributed by atoms with Crippen molar-refractivity contribution in [2.45, 2.75) is 6.42 Å². The van der Waals surface area contributed by atoms with Gasteiger partial charge in [-0.05, 0) is 0 Å². The van der Waals surface area contributed by atoms with Crippen LogP contribution in [0.25, 0.3) is 10.7 Å². The molecule has 0 saturated carbocycles. The Balaban J connectivity index is 2.06. The summed E-state index contributed by atoms with van der Waals surface area (Å²) in [6.45, 7) is 0.0538. The monoisotopic (exact) mass is 239 g/mol. The number of carbonyl (C=O) groups excluding carboxylic acids is 1. The third-order valence-corrected chi connectivity index (χ3v) is 2.54. The summed E-state index contributed by atoms with van der Waals surface area (Å²) in [4.78, 5) is 20.1. The Kier molecular flexibility index (Phi) is 3.37. The fourth-order valence-corrected chi connectivity index (χ4v) is 1.68. The summed E-state index contributed by atoms with van der Waals surface area (Å²) in [5, 5.41) is 3.76. The molecule has 0 spiro atoms. The lowest BCUT2D eigenvalue weighted by atomic mass is 10.3. The largest absolute Gasteiger partial charge is 0.377 e. The van der Waals surface area contributed by atoms with Gasteiger partial charge in [-0.15, -0.1) is 11.3 Å². The Hall–Kier alpha value is -1.60. The second kappa shape index (κ2) is 4.95. The van der Waals surface area contributed by atoms with Crippen LogP contribution in [-0.2, 0) is 16.0 Å². The van der Waals surface area contributed by atoms with E-state index < -0.39 is 0 Å². The van der Waals surface area contributed by atoms with Crippen molar-refractivity contribution in [2.24, 2.45) is 0 Å². The molecule has 0 fully saturated rings. The average molecular weight is 239 g/mol. The van der Waals surface area contributed by atoms with Crippen LogP contribution in [0.5, 0.6) is 0 Å². The van der Waals surface area contributed by atoms with Crippen LogP contribution in [0.15, 0.2) is 16.2 Å². The van der Waals surface area contributed by atoms with Crippen LogP contribution < -0.4 is 0 Å². The summed E-state index contributed by atoms with van der Waals surface area (Å²) in [6.07, 6.45) is 1.75. The fourth-order valence-electron chi connectivity index (χ4n) is 1.13. The van der Waals surface area contributed by atoms with Gasteiger partial charge < -0.3 is 9.26 Å². The first-order valence-corrected chi connectivity index (χ1v) is 5.39. The van der Waals surface area contributed by atoms with Gasteiger partial charge in [0.1, 0.15) is 6.61 Å². The number of ether oxygens (including phenoxy) is 1. The number of carbonyl (C=O) groups is 1. The molecule has 0 aliphatic carbocycles. The second-order valence-corrected chi connectivity index (χ2v) is 3.91. The van der Waals surface area contributed by atoms with Crippen molar-refractivity contribution in [3.05, 3.63) is 17.6 Å². The Morgan fingerprint density at radius 2 is 2.50 bits per heavy atom. The van der Waals surface area contributed by atoms with E-state index in [0.29, 0.717) is 11.7 Å². The molecule has 0 unspecified atom stereocenters. The molecule has 0 radical (unpaired) electrons. The van der Waals surface area contributed by atoms with E-state index in [2.05, 4.69) is 15.1 Å². The number of nitrogens with zero attached hydrogens (tertiary/aromatic N) is 3. The molecule has 0 amide bonds. The lowest BCUT2D eigenvalue weighted by Crippen LogP contribution is -2.09. The Labute approximate surface area is 95.3 Å². The molecule has 0 atom stereocenters. The normalized spacial score (nSPS) is 10.6. The molecule has 0 aliphatic heterocycles. The molecule has 0 aliphatic rings. The maximum atomic E-state index is 11.2. The summed E-state index contributed by atoms with van der Waals surface area (Å²) in [5.41, 5.74) is 1.68. The molecule has 6 nitrogen and oxygen atoms in total. The van der Waals surface area contributed by atoms with Gasteiger partial charge in [0.25, 0.3) is 0 Å². The number of aromatic nitrogens is 3. The molecular formula is C9H9N3O3S. The summed E-state index contributed by atoms with van der Waals surface area (Å²) in [5.74, 6) is 0.662. The molecule has 0 N–H and O–H groups in total. The highest BCUT2D eigenvalue weighted by Gasteiger charge is 2.12. The molecule has 7 heteroatoms. The first kappa shape index (κ1) is 10.9. The standard InChI is InChI=1S/C9H9N3O3S/c1-14-4-6(13)2-8-11-9(12-15-8)7-3-10-5-16-7/h3,5H,2,4H2,1H3. The Morgan fingerprint density at radius 1 is 1.62 bits per heavy atom. The van der Waals surface area contributed by atoms with E-state index in [1.807, 2.05) is 0 Å². The topological polar surface area (TPSA) is 78.1 Å². The number of thiazole rings is 1. The molecule has 2 aromatic rings. The van der Waals surface area contributed by atoms with Gasteiger partial charge in [-0.3, -0.25) is 9.78 Å². The van der Waals surface area contributed by atoms with Crippen molar-refractivity contribution < 1.29 is 14.1 Å².